The molecule has 22 heavy (non-hydrogen) atoms. The molecular formula is C15H15F2N3O2. The number of aromatic amines is 1. The summed E-state index contributed by atoms with van der Waals surface area (Å²) < 4.78 is 29.0. The van der Waals surface area contributed by atoms with Crippen molar-refractivity contribution in [2.45, 2.75) is 32.2 Å². The maximum absolute atomic E-state index is 14.1. The number of anilines is 1. The van der Waals surface area contributed by atoms with Crippen molar-refractivity contribution in [2.75, 3.05) is 5.32 Å². The summed E-state index contributed by atoms with van der Waals surface area (Å²) in [7, 11) is 0. The van der Waals surface area contributed by atoms with Crippen molar-refractivity contribution >= 4 is 11.7 Å². The van der Waals surface area contributed by atoms with Crippen molar-refractivity contribution in [3.05, 3.63) is 51.3 Å². The number of aromatic nitrogens is 2. The van der Waals surface area contributed by atoms with Gasteiger partial charge in [-0.05, 0) is 37.6 Å². The molecule has 1 atom stereocenters. The largest absolute Gasteiger partial charge is 0.311 e. The third-order valence-electron chi connectivity index (χ3n) is 3.81. The summed E-state index contributed by atoms with van der Waals surface area (Å²) in [5, 5.41) is 5.28. The molecule has 0 spiro atoms. The van der Waals surface area contributed by atoms with Gasteiger partial charge in [-0.1, -0.05) is 0 Å². The first kappa shape index (κ1) is 14.5. The Bertz CT molecular complexity index is 808. The van der Waals surface area contributed by atoms with E-state index in [-0.39, 0.29) is 29.5 Å². The highest BCUT2D eigenvalue weighted by Crippen LogP contribution is 2.37. The van der Waals surface area contributed by atoms with Gasteiger partial charge in [0.15, 0.2) is 0 Å². The standard InChI is InChI=1S/C15H15F2N3O2/c1-7(2)20-14-13(15(22)19-20)10(6-12(21)18-14)9-5-8(16)3-4-11(9)17/h3-5,7,10H,6H2,1-2H3,(H,18,21)(H,19,22)/t10-/m0/s1. The van der Waals surface area contributed by atoms with Gasteiger partial charge in [0, 0.05) is 18.4 Å². The van der Waals surface area contributed by atoms with Crippen molar-refractivity contribution in [2.24, 2.45) is 0 Å². The smallest absolute Gasteiger partial charge is 0.270 e. The maximum atomic E-state index is 14.1. The Morgan fingerprint density at radius 1 is 1.27 bits per heavy atom. The van der Waals surface area contributed by atoms with Gasteiger partial charge in [-0.3, -0.25) is 19.4 Å². The number of halogens is 2. The van der Waals surface area contributed by atoms with Crippen molar-refractivity contribution in [1.29, 1.82) is 0 Å². The van der Waals surface area contributed by atoms with Gasteiger partial charge in [-0.25, -0.2) is 8.78 Å². The summed E-state index contributed by atoms with van der Waals surface area (Å²) in [4.78, 5) is 24.2. The fraction of sp³-hybridized carbons (Fsp3) is 0.333. The molecule has 0 unspecified atom stereocenters. The second kappa shape index (κ2) is 5.08. The summed E-state index contributed by atoms with van der Waals surface area (Å²) in [5.74, 6) is -2.06. The van der Waals surface area contributed by atoms with Gasteiger partial charge in [0.1, 0.15) is 17.5 Å². The topological polar surface area (TPSA) is 66.9 Å². The lowest BCUT2D eigenvalue weighted by Crippen LogP contribution is -2.27. The molecule has 2 heterocycles. The Morgan fingerprint density at radius 2 is 2.00 bits per heavy atom. The second-order valence-corrected chi connectivity index (χ2v) is 5.64. The summed E-state index contributed by atoms with van der Waals surface area (Å²) in [6, 6.07) is 2.96. The van der Waals surface area contributed by atoms with Crippen LogP contribution < -0.4 is 10.9 Å². The highest BCUT2D eigenvalue weighted by atomic mass is 19.1. The maximum Gasteiger partial charge on any atom is 0.270 e. The lowest BCUT2D eigenvalue weighted by atomic mass is 9.87. The van der Waals surface area contributed by atoms with Crippen LogP contribution >= 0.6 is 0 Å². The molecular weight excluding hydrogens is 292 g/mol. The van der Waals surface area contributed by atoms with Crippen LogP contribution in [-0.2, 0) is 4.79 Å². The van der Waals surface area contributed by atoms with Gasteiger partial charge in [0.05, 0.1) is 5.56 Å². The highest BCUT2D eigenvalue weighted by Gasteiger charge is 2.34. The highest BCUT2D eigenvalue weighted by molar-refractivity contribution is 5.94. The summed E-state index contributed by atoms with van der Waals surface area (Å²) in [6.07, 6.45) is -0.0986. The number of rotatable bonds is 2. The van der Waals surface area contributed by atoms with E-state index in [4.69, 9.17) is 0 Å². The molecule has 3 rings (SSSR count). The molecule has 0 saturated carbocycles. The van der Waals surface area contributed by atoms with Gasteiger partial charge >= 0.3 is 0 Å². The third kappa shape index (κ3) is 2.22. The Hall–Kier alpha value is -2.44. The minimum Gasteiger partial charge on any atom is -0.311 e. The number of amides is 1. The lowest BCUT2D eigenvalue weighted by Gasteiger charge is -2.24. The van der Waals surface area contributed by atoms with Crippen LogP contribution in [0.25, 0.3) is 0 Å². The molecule has 7 heteroatoms. The lowest BCUT2D eigenvalue weighted by molar-refractivity contribution is -0.116. The van der Waals surface area contributed by atoms with Crippen LogP contribution in [0, 0.1) is 11.6 Å². The van der Waals surface area contributed by atoms with E-state index in [0.717, 1.165) is 18.2 Å². The van der Waals surface area contributed by atoms with E-state index in [9.17, 15) is 18.4 Å². The van der Waals surface area contributed by atoms with Crippen molar-refractivity contribution in [3.63, 3.8) is 0 Å². The van der Waals surface area contributed by atoms with Crippen molar-refractivity contribution < 1.29 is 13.6 Å². The van der Waals surface area contributed by atoms with Crippen LogP contribution in [0.2, 0.25) is 0 Å². The summed E-state index contributed by atoms with van der Waals surface area (Å²) >= 11 is 0. The third-order valence-corrected chi connectivity index (χ3v) is 3.81. The molecule has 0 aliphatic carbocycles. The van der Waals surface area contributed by atoms with Crippen LogP contribution in [-0.4, -0.2) is 15.7 Å². The van der Waals surface area contributed by atoms with E-state index in [1.54, 1.807) is 0 Å². The zero-order chi connectivity index (χ0) is 16.0. The molecule has 1 aliphatic heterocycles. The minimum atomic E-state index is -0.803. The number of benzene rings is 1. The van der Waals surface area contributed by atoms with Gasteiger partial charge < -0.3 is 5.32 Å². The van der Waals surface area contributed by atoms with Crippen LogP contribution in [0.1, 0.15) is 43.4 Å². The number of fused-ring (bicyclic) bond motifs is 1. The number of hydrogen-bond donors (Lipinski definition) is 2. The molecule has 2 N–H and O–H groups in total. The number of carbonyl (C=O) groups excluding carboxylic acids is 1. The Balaban J connectivity index is 2.22. The Kier molecular flexibility index (Phi) is 3.35. The molecule has 1 aromatic carbocycles. The monoisotopic (exact) mass is 307 g/mol. The fourth-order valence-electron chi connectivity index (χ4n) is 2.82. The van der Waals surface area contributed by atoms with Gasteiger partial charge in [0.25, 0.3) is 5.56 Å². The number of H-pyrrole nitrogens is 1. The first-order chi connectivity index (χ1) is 10.4. The molecule has 1 aromatic heterocycles. The van der Waals surface area contributed by atoms with Crippen LogP contribution in [0.4, 0.5) is 14.6 Å². The second-order valence-electron chi connectivity index (χ2n) is 5.64. The summed E-state index contributed by atoms with van der Waals surface area (Å²) in [6.45, 7) is 3.68. The van der Waals surface area contributed by atoms with Crippen LogP contribution in [0.5, 0.6) is 0 Å². The molecule has 0 bridgehead atoms. The van der Waals surface area contributed by atoms with E-state index >= 15 is 0 Å². The van der Waals surface area contributed by atoms with E-state index in [1.807, 2.05) is 13.8 Å². The molecule has 1 amide bonds. The van der Waals surface area contributed by atoms with E-state index < -0.39 is 23.1 Å². The molecule has 0 fully saturated rings. The summed E-state index contributed by atoms with van der Waals surface area (Å²) in [5.41, 5.74) is -0.127. The Morgan fingerprint density at radius 3 is 2.68 bits per heavy atom. The minimum absolute atomic E-state index is 0.0168. The van der Waals surface area contributed by atoms with Gasteiger partial charge in [0.2, 0.25) is 5.91 Å². The van der Waals surface area contributed by atoms with Crippen molar-refractivity contribution in [1.82, 2.24) is 9.78 Å². The van der Waals surface area contributed by atoms with Crippen LogP contribution in [0.3, 0.4) is 0 Å². The molecule has 0 saturated heterocycles. The zero-order valence-corrected chi connectivity index (χ0v) is 12.1. The number of carbonyl (C=O) groups is 1. The van der Waals surface area contributed by atoms with E-state index in [0.29, 0.717) is 5.82 Å². The predicted octanol–water partition coefficient (Wildman–Crippen LogP) is 2.51. The average Bonchev–Trinajstić information content (AvgIpc) is 2.78. The first-order valence-corrected chi connectivity index (χ1v) is 6.97. The first-order valence-electron chi connectivity index (χ1n) is 6.97. The van der Waals surface area contributed by atoms with Gasteiger partial charge in [-0.15, -0.1) is 0 Å². The fourth-order valence-corrected chi connectivity index (χ4v) is 2.82. The quantitative estimate of drug-likeness (QED) is 0.895. The number of hydrogen-bond acceptors (Lipinski definition) is 2. The zero-order valence-electron chi connectivity index (χ0n) is 12.1. The average molecular weight is 307 g/mol. The Labute approximate surface area is 124 Å². The molecule has 0 radical (unpaired) electrons. The molecule has 5 nitrogen and oxygen atoms in total. The normalized spacial score (nSPS) is 17.5. The molecule has 1 aliphatic rings. The van der Waals surface area contributed by atoms with E-state index in [2.05, 4.69) is 10.4 Å². The number of nitrogens with zero attached hydrogens (tertiary/aromatic N) is 1. The van der Waals surface area contributed by atoms with E-state index in [1.165, 1.54) is 4.68 Å². The van der Waals surface area contributed by atoms with Crippen molar-refractivity contribution in [3.8, 4) is 0 Å². The van der Waals surface area contributed by atoms with Gasteiger partial charge in [-0.2, -0.15) is 0 Å². The number of nitrogens with one attached hydrogen (secondary N) is 2. The predicted molar refractivity (Wildman–Crippen MR) is 76.9 cm³/mol. The van der Waals surface area contributed by atoms with Crippen LogP contribution in [0.15, 0.2) is 23.0 Å². The molecule has 116 valence electrons. The molecule has 2 aromatic rings. The SMILES string of the molecule is CC(C)n1[nH]c(=O)c2c1NC(=O)C[C@H]2c1cc(F)ccc1F.